The van der Waals surface area contributed by atoms with Gasteiger partial charge in [0.15, 0.2) is 11.9 Å². The van der Waals surface area contributed by atoms with Gasteiger partial charge in [0.25, 0.3) is 0 Å². The van der Waals surface area contributed by atoms with Gasteiger partial charge in [0.2, 0.25) is 0 Å². The second-order valence-corrected chi connectivity index (χ2v) is 5.14. The molecule has 0 saturated carbocycles. The van der Waals surface area contributed by atoms with Crippen molar-refractivity contribution in [3.63, 3.8) is 0 Å². The molecule has 3 atom stereocenters. The van der Waals surface area contributed by atoms with E-state index in [-0.39, 0.29) is 12.8 Å². The third kappa shape index (κ3) is 2.20. The molecule has 0 amide bonds. The van der Waals surface area contributed by atoms with Crippen LogP contribution in [0.1, 0.15) is 12.6 Å². The molecule has 1 fully saturated rings. The van der Waals surface area contributed by atoms with Crippen LogP contribution in [0.5, 0.6) is 0 Å². The van der Waals surface area contributed by atoms with Gasteiger partial charge < -0.3 is 14.9 Å². The number of nitrogens with zero attached hydrogens (tertiary/aromatic N) is 4. The molecule has 0 spiro atoms. The maximum Gasteiger partial charge on any atom is 0.185 e. The molecule has 0 aliphatic carbocycles. The molecule has 0 aromatic carbocycles. The highest BCUT2D eigenvalue weighted by molar-refractivity contribution is 7.98. The molecule has 2 aromatic rings. The lowest BCUT2D eigenvalue weighted by atomic mass is 10.2. The van der Waals surface area contributed by atoms with Crippen LogP contribution >= 0.6 is 11.8 Å². The fraction of sp³-hybridized carbons (Fsp3) is 0.545. The van der Waals surface area contributed by atoms with Gasteiger partial charge in [0.1, 0.15) is 17.5 Å². The lowest BCUT2D eigenvalue weighted by molar-refractivity contribution is -0.0482. The minimum absolute atomic E-state index is 0.200. The van der Waals surface area contributed by atoms with Crippen molar-refractivity contribution in [1.82, 2.24) is 19.7 Å². The van der Waals surface area contributed by atoms with Crippen molar-refractivity contribution < 1.29 is 14.9 Å². The average Bonchev–Trinajstić information content (AvgIpc) is 3.00. The normalized spacial score (nSPS) is 27.2. The molecule has 3 rings (SSSR count). The monoisotopic (exact) mass is 282 g/mol. The fourth-order valence-electron chi connectivity index (χ4n) is 2.19. The lowest BCUT2D eigenvalue weighted by Gasteiger charge is -2.11. The fourth-order valence-corrected chi connectivity index (χ4v) is 2.70. The average molecular weight is 282 g/mol. The summed E-state index contributed by atoms with van der Waals surface area (Å²) in [4.78, 5) is 8.30. The Bertz CT molecular complexity index is 590. The van der Waals surface area contributed by atoms with Crippen LogP contribution in [-0.4, -0.2) is 55.0 Å². The molecule has 1 saturated heterocycles. The zero-order chi connectivity index (χ0) is 13.4. The molecule has 0 unspecified atom stereocenters. The molecule has 2 aromatic heterocycles. The predicted octanol–water partition coefficient (Wildman–Crippen LogP) is 0.189. The first-order valence-electron chi connectivity index (χ1n) is 5.91. The summed E-state index contributed by atoms with van der Waals surface area (Å²) in [5, 5.41) is 24.9. The largest absolute Gasteiger partial charge is 0.394 e. The van der Waals surface area contributed by atoms with E-state index in [2.05, 4.69) is 15.1 Å². The summed E-state index contributed by atoms with van der Waals surface area (Å²) in [6, 6.07) is 0. The number of hydrogen-bond acceptors (Lipinski definition) is 7. The topological polar surface area (TPSA) is 93.3 Å². The molecule has 19 heavy (non-hydrogen) atoms. The van der Waals surface area contributed by atoms with Crippen molar-refractivity contribution in [3.8, 4) is 0 Å². The minimum atomic E-state index is -0.673. The van der Waals surface area contributed by atoms with Gasteiger partial charge in [-0.25, -0.2) is 14.6 Å². The van der Waals surface area contributed by atoms with Gasteiger partial charge in [-0.15, -0.1) is 16.9 Å². The molecule has 1 aliphatic rings. The first-order chi connectivity index (χ1) is 9.22. The van der Waals surface area contributed by atoms with Crippen molar-refractivity contribution in [2.24, 2.45) is 0 Å². The number of aromatic nitrogens is 4. The van der Waals surface area contributed by atoms with Gasteiger partial charge in [0.05, 0.1) is 18.1 Å². The van der Waals surface area contributed by atoms with Gasteiger partial charge in [-0.05, 0) is 6.26 Å². The van der Waals surface area contributed by atoms with E-state index >= 15 is 0 Å². The van der Waals surface area contributed by atoms with E-state index in [1.165, 1.54) is 18.1 Å². The van der Waals surface area contributed by atoms with Crippen molar-refractivity contribution >= 4 is 22.8 Å². The van der Waals surface area contributed by atoms with E-state index in [4.69, 9.17) is 9.84 Å². The standard InChI is InChI=1S/C11H14N4O3S/c1-19-11-6-3-15(14-10(6)12-5-13-11)9-2-7(17)8(4-16)18-9/h3,5,7-9,16-17H,2,4H2,1H3/t7-,8+,9-/m0/s1. The molecule has 3 heterocycles. The van der Waals surface area contributed by atoms with Crippen LogP contribution in [0.4, 0.5) is 0 Å². The molecule has 8 heteroatoms. The Balaban J connectivity index is 1.94. The number of aliphatic hydroxyl groups is 2. The third-order valence-electron chi connectivity index (χ3n) is 3.17. The summed E-state index contributed by atoms with van der Waals surface area (Å²) in [5.74, 6) is 0. The van der Waals surface area contributed by atoms with Gasteiger partial charge in [-0.2, -0.15) is 0 Å². The third-order valence-corrected chi connectivity index (χ3v) is 3.88. The van der Waals surface area contributed by atoms with Crippen molar-refractivity contribution in [1.29, 1.82) is 0 Å². The molecule has 102 valence electrons. The van der Waals surface area contributed by atoms with E-state index in [1.807, 2.05) is 12.5 Å². The number of ether oxygens (including phenoxy) is 1. The zero-order valence-corrected chi connectivity index (χ0v) is 11.1. The maximum absolute atomic E-state index is 9.74. The highest BCUT2D eigenvalue weighted by atomic mass is 32.2. The van der Waals surface area contributed by atoms with Crippen molar-refractivity contribution in [3.05, 3.63) is 12.5 Å². The van der Waals surface area contributed by atoms with Crippen LogP contribution in [0.2, 0.25) is 0 Å². The summed E-state index contributed by atoms with van der Waals surface area (Å²) >= 11 is 1.53. The van der Waals surface area contributed by atoms with E-state index < -0.39 is 12.2 Å². The van der Waals surface area contributed by atoms with Crippen molar-refractivity contribution in [2.45, 2.75) is 29.9 Å². The molecule has 1 aliphatic heterocycles. The lowest BCUT2D eigenvalue weighted by Crippen LogP contribution is -2.24. The Morgan fingerprint density at radius 2 is 2.37 bits per heavy atom. The molecule has 0 bridgehead atoms. The maximum atomic E-state index is 9.74. The Hall–Kier alpha value is -1.22. The quantitative estimate of drug-likeness (QED) is 0.613. The number of hydrogen-bond donors (Lipinski definition) is 2. The number of thioether (sulfide) groups is 1. The van der Waals surface area contributed by atoms with Gasteiger partial charge >= 0.3 is 0 Å². The Kier molecular flexibility index (Phi) is 3.40. The molecule has 0 radical (unpaired) electrons. The number of aliphatic hydroxyl groups excluding tert-OH is 2. The Morgan fingerprint density at radius 1 is 1.53 bits per heavy atom. The van der Waals surface area contributed by atoms with E-state index in [1.54, 1.807) is 4.68 Å². The summed E-state index contributed by atoms with van der Waals surface area (Å²) in [6.45, 7) is -0.200. The van der Waals surface area contributed by atoms with E-state index in [0.29, 0.717) is 12.1 Å². The van der Waals surface area contributed by atoms with E-state index in [9.17, 15) is 5.11 Å². The minimum Gasteiger partial charge on any atom is -0.394 e. The van der Waals surface area contributed by atoms with Crippen LogP contribution in [0.3, 0.4) is 0 Å². The summed E-state index contributed by atoms with van der Waals surface area (Å²) in [7, 11) is 0. The van der Waals surface area contributed by atoms with Crippen molar-refractivity contribution in [2.75, 3.05) is 12.9 Å². The molecular weight excluding hydrogens is 268 g/mol. The van der Waals surface area contributed by atoms with Crippen LogP contribution in [-0.2, 0) is 4.74 Å². The molecule has 2 N–H and O–H groups in total. The zero-order valence-electron chi connectivity index (χ0n) is 10.3. The second-order valence-electron chi connectivity index (χ2n) is 4.34. The summed E-state index contributed by atoms with van der Waals surface area (Å²) in [6.07, 6.45) is 4.04. The van der Waals surface area contributed by atoms with Crippen LogP contribution in [0.25, 0.3) is 11.0 Å². The molecular formula is C11H14N4O3S. The number of rotatable bonds is 3. The van der Waals surface area contributed by atoms with Crippen LogP contribution < -0.4 is 0 Å². The van der Waals surface area contributed by atoms with Crippen LogP contribution in [0.15, 0.2) is 17.6 Å². The Morgan fingerprint density at radius 3 is 3.05 bits per heavy atom. The predicted molar refractivity (Wildman–Crippen MR) is 68.7 cm³/mol. The first kappa shape index (κ1) is 12.8. The highest BCUT2D eigenvalue weighted by Gasteiger charge is 2.35. The van der Waals surface area contributed by atoms with Crippen LogP contribution in [0, 0.1) is 0 Å². The SMILES string of the molecule is CSc1ncnc2nn([C@@H]3C[C@H](O)[C@@H](CO)O3)cc12. The molecule has 7 nitrogen and oxygen atoms in total. The number of fused-ring (bicyclic) bond motifs is 1. The first-order valence-corrected chi connectivity index (χ1v) is 7.13. The Labute approximate surface area is 113 Å². The highest BCUT2D eigenvalue weighted by Crippen LogP contribution is 2.30. The van der Waals surface area contributed by atoms with Gasteiger partial charge in [-0.1, -0.05) is 0 Å². The van der Waals surface area contributed by atoms with Gasteiger partial charge in [0, 0.05) is 12.6 Å². The van der Waals surface area contributed by atoms with E-state index in [0.717, 1.165) is 10.4 Å². The smallest absolute Gasteiger partial charge is 0.185 e. The second kappa shape index (κ2) is 5.04. The summed E-state index contributed by atoms with van der Waals surface area (Å²) < 4.78 is 7.19. The van der Waals surface area contributed by atoms with Gasteiger partial charge in [-0.3, -0.25) is 0 Å². The summed E-state index contributed by atoms with van der Waals surface area (Å²) in [5.41, 5.74) is 0.602.